The lowest BCUT2D eigenvalue weighted by Gasteiger charge is -2.34. The summed E-state index contributed by atoms with van der Waals surface area (Å²) in [7, 11) is 1.83. The van der Waals surface area contributed by atoms with Gasteiger partial charge in [-0.25, -0.2) is 4.98 Å². The number of benzene rings is 1. The van der Waals surface area contributed by atoms with Gasteiger partial charge in [-0.3, -0.25) is 9.59 Å². The monoisotopic (exact) mass is 356 g/mol. The number of nitrogens with zero attached hydrogens (tertiary/aromatic N) is 4. The minimum Gasteiger partial charge on any atom is -0.484 e. The van der Waals surface area contributed by atoms with Crippen LogP contribution in [0.25, 0.3) is 0 Å². The lowest BCUT2D eigenvalue weighted by Crippen LogP contribution is -2.51. The summed E-state index contributed by atoms with van der Waals surface area (Å²) in [5.41, 5.74) is 2.65. The Morgan fingerprint density at radius 3 is 2.23 bits per heavy atom. The van der Waals surface area contributed by atoms with Crippen LogP contribution in [-0.4, -0.2) is 64.0 Å². The van der Waals surface area contributed by atoms with E-state index in [1.807, 2.05) is 33.0 Å². The van der Waals surface area contributed by atoms with Gasteiger partial charge in [0.2, 0.25) is 0 Å². The first-order chi connectivity index (χ1) is 12.4. The molecule has 1 saturated heterocycles. The largest absolute Gasteiger partial charge is 0.484 e. The zero-order valence-corrected chi connectivity index (χ0v) is 15.4. The number of rotatable bonds is 4. The van der Waals surface area contributed by atoms with Crippen LogP contribution in [0.2, 0.25) is 0 Å². The van der Waals surface area contributed by atoms with Crippen molar-refractivity contribution in [2.75, 3.05) is 32.8 Å². The number of aryl methyl sites for hydroxylation is 3. The van der Waals surface area contributed by atoms with E-state index in [-0.39, 0.29) is 18.4 Å². The van der Waals surface area contributed by atoms with Crippen molar-refractivity contribution in [1.29, 1.82) is 0 Å². The molecule has 7 nitrogen and oxygen atoms in total. The van der Waals surface area contributed by atoms with E-state index in [0.717, 1.165) is 11.1 Å². The van der Waals surface area contributed by atoms with E-state index in [1.165, 1.54) is 0 Å². The zero-order valence-electron chi connectivity index (χ0n) is 15.4. The molecule has 0 radical (unpaired) electrons. The molecule has 2 amide bonds. The van der Waals surface area contributed by atoms with Gasteiger partial charge in [0.25, 0.3) is 11.8 Å². The molecule has 1 fully saturated rings. The third-order valence-electron chi connectivity index (χ3n) is 4.40. The van der Waals surface area contributed by atoms with Crippen LogP contribution < -0.4 is 4.74 Å². The SMILES string of the molecule is Cc1cc(C)cc(OCC(=O)N2CCN(C(=O)c3cn(C)cn3)CC2)c1. The summed E-state index contributed by atoms with van der Waals surface area (Å²) in [6.07, 6.45) is 3.31. The van der Waals surface area contributed by atoms with Crippen LogP contribution in [0, 0.1) is 13.8 Å². The van der Waals surface area contributed by atoms with Crippen molar-refractivity contribution in [2.24, 2.45) is 7.05 Å². The molecule has 2 heterocycles. The highest BCUT2D eigenvalue weighted by Crippen LogP contribution is 2.16. The standard InChI is InChI=1S/C19H24N4O3/c1-14-8-15(2)10-16(9-14)26-12-18(24)22-4-6-23(7-5-22)19(25)17-11-21(3)13-20-17/h8-11,13H,4-7,12H2,1-3H3. The molecule has 1 aromatic heterocycles. The van der Waals surface area contributed by atoms with E-state index in [4.69, 9.17) is 4.74 Å². The van der Waals surface area contributed by atoms with Crippen molar-refractivity contribution in [3.8, 4) is 5.75 Å². The van der Waals surface area contributed by atoms with Gasteiger partial charge in [-0.2, -0.15) is 0 Å². The second kappa shape index (κ2) is 7.59. The first-order valence-electron chi connectivity index (χ1n) is 8.68. The summed E-state index contributed by atoms with van der Waals surface area (Å²) in [5.74, 6) is 0.554. The molecule has 0 aliphatic carbocycles. The lowest BCUT2D eigenvalue weighted by atomic mass is 10.1. The summed E-state index contributed by atoms with van der Waals surface area (Å²) >= 11 is 0. The van der Waals surface area contributed by atoms with Crippen LogP contribution in [0.1, 0.15) is 21.6 Å². The topological polar surface area (TPSA) is 67.7 Å². The third kappa shape index (κ3) is 4.22. The highest BCUT2D eigenvalue weighted by Gasteiger charge is 2.26. The van der Waals surface area contributed by atoms with Crippen LogP contribution in [0.15, 0.2) is 30.7 Å². The van der Waals surface area contributed by atoms with Crippen LogP contribution >= 0.6 is 0 Å². The first kappa shape index (κ1) is 18.0. The fraction of sp³-hybridized carbons (Fsp3) is 0.421. The highest BCUT2D eigenvalue weighted by atomic mass is 16.5. The molecule has 2 aromatic rings. The van der Waals surface area contributed by atoms with Crippen molar-refractivity contribution in [3.05, 3.63) is 47.5 Å². The maximum absolute atomic E-state index is 12.4. The number of carbonyl (C=O) groups is 2. The summed E-state index contributed by atoms with van der Waals surface area (Å²) in [4.78, 5) is 32.3. The molecule has 26 heavy (non-hydrogen) atoms. The van der Waals surface area contributed by atoms with Gasteiger partial charge in [0, 0.05) is 39.4 Å². The van der Waals surface area contributed by atoms with E-state index in [1.54, 1.807) is 26.9 Å². The van der Waals surface area contributed by atoms with Gasteiger partial charge in [-0.05, 0) is 37.1 Å². The van der Waals surface area contributed by atoms with Gasteiger partial charge in [-0.15, -0.1) is 0 Å². The Kier molecular flexibility index (Phi) is 5.25. The Morgan fingerprint density at radius 2 is 1.65 bits per heavy atom. The average molecular weight is 356 g/mol. The van der Waals surface area contributed by atoms with E-state index >= 15 is 0 Å². The van der Waals surface area contributed by atoms with Crippen molar-refractivity contribution >= 4 is 11.8 Å². The van der Waals surface area contributed by atoms with Crippen molar-refractivity contribution in [1.82, 2.24) is 19.4 Å². The quantitative estimate of drug-likeness (QED) is 0.830. The first-order valence-corrected chi connectivity index (χ1v) is 8.68. The van der Waals surface area contributed by atoms with Gasteiger partial charge in [-0.1, -0.05) is 6.07 Å². The van der Waals surface area contributed by atoms with E-state index < -0.39 is 0 Å². The molecule has 138 valence electrons. The number of carbonyl (C=O) groups excluding carboxylic acids is 2. The summed E-state index contributed by atoms with van der Waals surface area (Å²) in [6.45, 7) is 6.03. The lowest BCUT2D eigenvalue weighted by molar-refractivity contribution is -0.134. The molecule has 1 aromatic carbocycles. The number of ether oxygens (including phenoxy) is 1. The number of aromatic nitrogens is 2. The van der Waals surface area contributed by atoms with Crippen LogP contribution in [-0.2, 0) is 11.8 Å². The third-order valence-corrected chi connectivity index (χ3v) is 4.40. The minimum atomic E-state index is -0.0933. The van der Waals surface area contributed by atoms with Gasteiger partial charge < -0.3 is 19.1 Å². The highest BCUT2D eigenvalue weighted by molar-refractivity contribution is 5.92. The average Bonchev–Trinajstić information content (AvgIpc) is 3.05. The summed E-state index contributed by atoms with van der Waals surface area (Å²) in [6, 6.07) is 5.90. The zero-order chi connectivity index (χ0) is 18.7. The Bertz CT molecular complexity index is 787. The molecular weight excluding hydrogens is 332 g/mol. The predicted octanol–water partition coefficient (Wildman–Crippen LogP) is 1.40. The molecule has 0 saturated carbocycles. The molecule has 0 N–H and O–H groups in total. The molecule has 0 spiro atoms. The van der Waals surface area contributed by atoms with Gasteiger partial charge in [0.05, 0.1) is 6.33 Å². The molecule has 0 bridgehead atoms. The molecule has 1 aliphatic rings. The summed E-state index contributed by atoms with van der Waals surface area (Å²) < 4.78 is 7.39. The van der Waals surface area contributed by atoms with Gasteiger partial charge in [0.15, 0.2) is 6.61 Å². The van der Waals surface area contributed by atoms with Gasteiger partial charge >= 0.3 is 0 Å². The number of hydrogen-bond acceptors (Lipinski definition) is 4. The molecule has 7 heteroatoms. The maximum atomic E-state index is 12.4. The Labute approximate surface area is 153 Å². The van der Waals surface area contributed by atoms with E-state index in [0.29, 0.717) is 37.6 Å². The normalized spacial score (nSPS) is 14.4. The van der Waals surface area contributed by atoms with Crippen LogP contribution in [0.3, 0.4) is 0 Å². The number of imidazole rings is 1. The smallest absolute Gasteiger partial charge is 0.274 e. The van der Waals surface area contributed by atoms with Crippen LogP contribution in [0.4, 0.5) is 0 Å². The van der Waals surface area contributed by atoms with E-state index in [2.05, 4.69) is 11.1 Å². The Hall–Kier alpha value is -2.83. The van der Waals surface area contributed by atoms with Crippen molar-refractivity contribution in [2.45, 2.75) is 13.8 Å². The predicted molar refractivity (Wildman–Crippen MR) is 97.1 cm³/mol. The minimum absolute atomic E-state index is 0.0110. The van der Waals surface area contributed by atoms with E-state index in [9.17, 15) is 9.59 Å². The van der Waals surface area contributed by atoms with Crippen molar-refractivity contribution < 1.29 is 14.3 Å². The molecule has 0 unspecified atom stereocenters. The second-order valence-corrected chi connectivity index (χ2v) is 6.71. The second-order valence-electron chi connectivity index (χ2n) is 6.71. The molecule has 0 atom stereocenters. The fourth-order valence-electron chi connectivity index (χ4n) is 3.10. The number of amides is 2. The van der Waals surface area contributed by atoms with Gasteiger partial charge in [0.1, 0.15) is 11.4 Å². The number of hydrogen-bond donors (Lipinski definition) is 0. The molecule has 3 rings (SSSR count). The molecular formula is C19H24N4O3. The Balaban J connectivity index is 1.49. The molecule has 1 aliphatic heterocycles. The number of piperazine rings is 1. The summed E-state index contributed by atoms with van der Waals surface area (Å²) in [5, 5.41) is 0. The van der Waals surface area contributed by atoms with Crippen LogP contribution in [0.5, 0.6) is 5.75 Å². The Morgan fingerprint density at radius 1 is 1.04 bits per heavy atom. The van der Waals surface area contributed by atoms with Crippen molar-refractivity contribution in [3.63, 3.8) is 0 Å². The fourth-order valence-corrected chi connectivity index (χ4v) is 3.10. The maximum Gasteiger partial charge on any atom is 0.274 e.